The lowest BCUT2D eigenvalue weighted by molar-refractivity contribution is 0.103. The summed E-state index contributed by atoms with van der Waals surface area (Å²) in [5.74, 6) is -0.0666. The molecule has 0 aromatic carbocycles. The van der Waals surface area contributed by atoms with Gasteiger partial charge in [-0.25, -0.2) is 9.97 Å². The Morgan fingerprint density at radius 3 is 2.68 bits per heavy atom. The van der Waals surface area contributed by atoms with Gasteiger partial charge in [0.2, 0.25) is 5.78 Å². The monoisotopic (exact) mass is 276 g/mol. The van der Waals surface area contributed by atoms with E-state index in [9.17, 15) is 4.79 Å². The van der Waals surface area contributed by atoms with Crippen molar-refractivity contribution >= 4 is 17.4 Å². The molecule has 4 heteroatoms. The first-order chi connectivity index (χ1) is 9.13. The molecule has 2 rings (SSSR count). The minimum Gasteiger partial charge on any atom is -0.287 e. The lowest BCUT2D eigenvalue weighted by Gasteiger charge is -2.19. The van der Waals surface area contributed by atoms with Crippen LogP contribution in [-0.4, -0.2) is 15.8 Å². The highest BCUT2D eigenvalue weighted by atomic mass is 35.5. The van der Waals surface area contributed by atoms with Crippen molar-refractivity contribution in [2.45, 2.75) is 39.5 Å². The van der Waals surface area contributed by atoms with Crippen molar-refractivity contribution in [3.8, 4) is 0 Å². The van der Waals surface area contributed by atoms with E-state index in [-0.39, 0.29) is 5.78 Å². The van der Waals surface area contributed by atoms with E-state index in [1.807, 2.05) is 13.0 Å². The second-order valence-electron chi connectivity index (χ2n) is 4.72. The normalized spacial score (nSPS) is 16.7. The van der Waals surface area contributed by atoms with Gasteiger partial charge in [-0.2, -0.15) is 0 Å². The summed E-state index contributed by atoms with van der Waals surface area (Å²) >= 11 is 5.82. The summed E-state index contributed by atoms with van der Waals surface area (Å²) < 4.78 is 0. The third-order valence-electron chi connectivity index (χ3n) is 3.47. The summed E-state index contributed by atoms with van der Waals surface area (Å²) in [6, 6.07) is 1.52. The number of Topliss-reactive ketones (excluding diaryl/α,β-unsaturated/α-hetero) is 1. The molecule has 0 spiro atoms. The summed E-state index contributed by atoms with van der Waals surface area (Å²) in [6.07, 6.45) is 7.59. The number of carbonyl (C=O) groups excluding carboxylic acids is 1. The first-order valence-corrected chi connectivity index (χ1v) is 6.89. The van der Waals surface area contributed by atoms with Gasteiger partial charge < -0.3 is 0 Å². The van der Waals surface area contributed by atoms with Crippen molar-refractivity contribution in [3.63, 3.8) is 0 Å². The highest BCUT2D eigenvalue weighted by Gasteiger charge is 2.20. The van der Waals surface area contributed by atoms with Gasteiger partial charge in [0, 0.05) is 11.6 Å². The van der Waals surface area contributed by atoms with Crippen molar-refractivity contribution < 1.29 is 4.79 Å². The molecule has 19 heavy (non-hydrogen) atoms. The van der Waals surface area contributed by atoms with E-state index in [1.165, 1.54) is 30.0 Å². The second kappa shape index (κ2) is 6.11. The van der Waals surface area contributed by atoms with Gasteiger partial charge in [0.15, 0.2) is 0 Å². The van der Waals surface area contributed by atoms with E-state index >= 15 is 0 Å². The molecule has 0 saturated heterocycles. The molecule has 0 bridgehead atoms. The smallest absolute Gasteiger partial charge is 0.211 e. The minimum atomic E-state index is -0.0666. The fourth-order valence-electron chi connectivity index (χ4n) is 2.46. The van der Waals surface area contributed by atoms with Crippen LogP contribution in [-0.2, 0) is 0 Å². The first-order valence-electron chi connectivity index (χ1n) is 6.51. The Balaban J connectivity index is 2.36. The van der Waals surface area contributed by atoms with Gasteiger partial charge in [-0.15, -0.1) is 0 Å². The summed E-state index contributed by atoms with van der Waals surface area (Å²) in [5, 5.41) is 0.295. The van der Waals surface area contributed by atoms with Crippen LogP contribution in [0.3, 0.4) is 0 Å². The fraction of sp³-hybridized carbons (Fsp3) is 0.400. The average molecular weight is 277 g/mol. The number of hydrogen-bond donors (Lipinski definition) is 0. The Morgan fingerprint density at radius 1 is 1.32 bits per heavy atom. The van der Waals surface area contributed by atoms with Crippen LogP contribution >= 0.6 is 11.6 Å². The van der Waals surface area contributed by atoms with E-state index in [0.29, 0.717) is 10.8 Å². The number of halogens is 1. The highest BCUT2D eigenvalue weighted by Crippen LogP contribution is 2.31. The molecule has 1 heterocycles. The lowest BCUT2D eigenvalue weighted by Crippen LogP contribution is -2.11. The van der Waals surface area contributed by atoms with Gasteiger partial charge >= 0.3 is 0 Å². The quantitative estimate of drug-likeness (QED) is 0.473. The molecule has 0 radical (unpaired) electrons. The molecule has 100 valence electrons. The molecule has 0 N–H and O–H groups in total. The third kappa shape index (κ3) is 3.10. The summed E-state index contributed by atoms with van der Waals surface area (Å²) in [4.78, 5) is 20.3. The van der Waals surface area contributed by atoms with Crippen LogP contribution in [0, 0.1) is 0 Å². The van der Waals surface area contributed by atoms with Gasteiger partial charge in [0.25, 0.3) is 0 Å². The van der Waals surface area contributed by atoms with Crippen molar-refractivity contribution in [2.24, 2.45) is 0 Å². The number of allylic oxidation sites excluding steroid dienone is 4. The van der Waals surface area contributed by atoms with Crippen molar-refractivity contribution in [3.05, 3.63) is 46.0 Å². The van der Waals surface area contributed by atoms with Crippen LogP contribution in [0.5, 0.6) is 0 Å². The summed E-state index contributed by atoms with van der Waals surface area (Å²) in [7, 11) is 0. The molecular formula is C15H17ClN2O. The maximum atomic E-state index is 12.5. The number of aromatic nitrogens is 2. The average Bonchev–Trinajstić information content (AvgIpc) is 2.41. The van der Waals surface area contributed by atoms with Crippen LogP contribution in [0.2, 0.25) is 5.15 Å². The Morgan fingerprint density at radius 2 is 2.05 bits per heavy atom. The SMILES string of the molecule is C/C=C(/C(=O)c1cc(Cl)ncn1)C1=C(C)CCCC1. The largest absolute Gasteiger partial charge is 0.287 e. The van der Waals surface area contributed by atoms with E-state index in [1.54, 1.807) is 0 Å². The molecule has 0 amide bonds. The van der Waals surface area contributed by atoms with Crippen LogP contribution in [0.1, 0.15) is 50.0 Å². The van der Waals surface area contributed by atoms with E-state index in [2.05, 4.69) is 16.9 Å². The van der Waals surface area contributed by atoms with Crippen LogP contribution in [0.25, 0.3) is 0 Å². The third-order valence-corrected chi connectivity index (χ3v) is 3.68. The molecule has 0 saturated carbocycles. The molecule has 0 atom stereocenters. The molecule has 1 aromatic rings. The van der Waals surface area contributed by atoms with Crippen molar-refractivity contribution in [1.29, 1.82) is 0 Å². The Hall–Kier alpha value is -1.48. The number of carbonyl (C=O) groups is 1. The van der Waals surface area contributed by atoms with Gasteiger partial charge in [-0.05, 0) is 45.1 Å². The highest BCUT2D eigenvalue weighted by molar-refractivity contribution is 6.29. The predicted molar refractivity (Wildman–Crippen MR) is 76.3 cm³/mol. The molecule has 1 aliphatic rings. The summed E-state index contributed by atoms with van der Waals surface area (Å²) in [6.45, 7) is 4.00. The minimum absolute atomic E-state index is 0.0666. The number of rotatable bonds is 3. The maximum absolute atomic E-state index is 12.5. The lowest BCUT2D eigenvalue weighted by atomic mass is 9.85. The van der Waals surface area contributed by atoms with E-state index in [0.717, 1.165) is 24.8 Å². The van der Waals surface area contributed by atoms with Crippen molar-refractivity contribution in [2.75, 3.05) is 0 Å². The summed E-state index contributed by atoms with van der Waals surface area (Å²) in [5.41, 5.74) is 3.60. The van der Waals surface area contributed by atoms with Gasteiger partial charge in [-0.1, -0.05) is 23.3 Å². The molecule has 1 aromatic heterocycles. The molecular weight excluding hydrogens is 260 g/mol. The maximum Gasteiger partial charge on any atom is 0.211 e. The standard InChI is InChI=1S/C15H17ClN2O/c1-3-11(12-7-5-4-6-10(12)2)15(19)13-8-14(16)18-9-17-13/h3,8-9H,4-7H2,1-2H3/b11-3+. The number of ketones is 1. The molecule has 0 fully saturated rings. The number of hydrogen-bond acceptors (Lipinski definition) is 3. The molecule has 0 unspecified atom stereocenters. The predicted octanol–water partition coefficient (Wildman–Crippen LogP) is 4.15. The zero-order valence-corrected chi connectivity index (χ0v) is 12.0. The van der Waals surface area contributed by atoms with Crippen LogP contribution in [0.4, 0.5) is 0 Å². The van der Waals surface area contributed by atoms with E-state index in [4.69, 9.17) is 11.6 Å². The zero-order chi connectivity index (χ0) is 13.8. The van der Waals surface area contributed by atoms with Gasteiger partial charge in [0.1, 0.15) is 17.2 Å². The fourth-order valence-corrected chi connectivity index (χ4v) is 2.61. The van der Waals surface area contributed by atoms with Crippen molar-refractivity contribution in [1.82, 2.24) is 9.97 Å². The zero-order valence-electron chi connectivity index (χ0n) is 11.2. The number of nitrogens with zero attached hydrogens (tertiary/aromatic N) is 2. The van der Waals surface area contributed by atoms with Gasteiger partial charge in [-0.3, -0.25) is 4.79 Å². The van der Waals surface area contributed by atoms with Gasteiger partial charge in [0.05, 0.1) is 0 Å². The topological polar surface area (TPSA) is 42.9 Å². The Kier molecular flexibility index (Phi) is 4.48. The molecule has 0 aliphatic heterocycles. The first kappa shape index (κ1) is 13.9. The Labute approximate surface area is 118 Å². The molecule has 1 aliphatic carbocycles. The van der Waals surface area contributed by atoms with Crippen LogP contribution < -0.4 is 0 Å². The molecule has 3 nitrogen and oxygen atoms in total. The van der Waals surface area contributed by atoms with Crippen LogP contribution in [0.15, 0.2) is 35.2 Å². The van der Waals surface area contributed by atoms with E-state index < -0.39 is 0 Å². The Bertz CT molecular complexity index is 561. The second-order valence-corrected chi connectivity index (χ2v) is 5.11.